The second kappa shape index (κ2) is 11.1. The Morgan fingerprint density at radius 3 is 0.889 bits per heavy atom. The molecule has 27 heavy (non-hydrogen) atoms. The van der Waals surface area contributed by atoms with Gasteiger partial charge in [0, 0.05) is 32.7 Å². The van der Waals surface area contributed by atoms with Crippen LogP contribution in [0.1, 0.15) is 94.2 Å². The molecule has 0 nitrogen and oxygen atoms in total. The first kappa shape index (κ1) is 29.0. The fourth-order valence-corrected chi connectivity index (χ4v) is 2.05. The molecule has 0 unspecified atom stereocenters. The standard InChI is InChI=1S/C14H22.C12H20.Y/c1-13(2,3)11-7-9-12(10-8-11)14(4,5)6;1-11(2,3)9-7-8-10-12(4,5)6;/h7-10H,1-6H3;7-8H,1-6H3;/q;-2;. The summed E-state index contributed by atoms with van der Waals surface area (Å²) in [6.07, 6.45) is 10.4. The molecule has 0 aliphatic heterocycles. The topological polar surface area (TPSA) is 0 Å². The van der Waals surface area contributed by atoms with Crippen molar-refractivity contribution in [3.05, 3.63) is 59.7 Å². The minimum atomic E-state index is 0. The summed E-state index contributed by atoms with van der Waals surface area (Å²) < 4.78 is 0. The molecule has 151 valence electrons. The number of hydrogen-bond donors (Lipinski definition) is 0. The number of allylic oxidation sites excluding steroid dienone is 4. The van der Waals surface area contributed by atoms with Crippen molar-refractivity contribution in [2.24, 2.45) is 10.8 Å². The van der Waals surface area contributed by atoms with E-state index in [0.717, 1.165) is 0 Å². The molecule has 0 atom stereocenters. The van der Waals surface area contributed by atoms with Crippen LogP contribution < -0.4 is 0 Å². The number of hydrogen-bond acceptors (Lipinski definition) is 0. The van der Waals surface area contributed by atoms with E-state index in [1.807, 2.05) is 12.2 Å². The zero-order valence-electron chi connectivity index (χ0n) is 20.0. The second-order valence-electron chi connectivity index (χ2n) is 11.2. The van der Waals surface area contributed by atoms with Gasteiger partial charge in [-0.15, -0.1) is 10.8 Å². The van der Waals surface area contributed by atoms with Crippen LogP contribution in [0.15, 0.2) is 36.4 Å². The molecular weight excluding hydrogens is 401 g/mol. The first-order valence-electron chi connectivity index (χ1n) is 9.73. The third-order valence-electron chi connectivity index (χ3n) is 3.73. The van der Waals surface area contributed by atoms with Crippen molar-refractivity contribution >= 4 is 0 Å². The summed E-state index contributed by atoms with van der Waals surface area (Å²) in [4.78, 5) is 0. The monoisotopic (exact) mass is 443 g/mol. The Morgan fingerprint density at radius 1 is 0.519 bits per heavy atom. The third kappa shape index (κ3) is 15.4. The van der Waals surface area contributed by atoms with Crippen molar-refractivity contribution in [1.82, 2.24) is 0 Å². The van der Waals surface area contributed by atoms with Gasteiger partial charge in [-0.05, 0) is 22.0 Å². The molecule has 0 fully saturated rings. The van der Waals surface area contributed by atoms with Gasteiger partial charge in [0.1, 0.15) is 0 Å². The molecule has 0 saturated carbocycles. The van der Waals surface area contributed by atoms with Gasteiger partial charge in [-0.1, -0.05) is 107 Å². The Hall–Kier alpha value is -0.196. The van der Waals surface area contributed by atoms with Crippen LogP contribution in [0.2, 0.25) is 0 Å². The van der Waals surface area contributed by atoms with Crippen LogP contribution in [0.3, 0.4) is 0 Å². The Labute approximate surface area is 196 Å². The van der Waals surface area contributed by atoms with Gasteiger partial charge in [-0.25, -0.2) is 0 Å². The normalized spacial score (nSPS) is 13.3. The first-order valence-corrected chi connectivity index (χ1v) is 9.73. The van der Waals surface area contributed by atoms with Gasteiger partial charge >= 0.3 is 0 Å². The smallest absolute Gasteiger partial charge is 0 e. The summed E-state index contributed by atoms with van der Waals surface area (Å²) in [5, 5.41) is 0. The van der Waals surface area contributed by atoms with Gasteiger partial charge in [-0.2, -0.15) is 0 Å². The fraction of sp³-hybridized carbons (Fsp3) is 0.615. The van der Waals surface area contributed by atoms with E-state index >= 15 is 0 Å². The summed E-state index contributed by atoms with van der Waals surface area (Å²) in [6, 6.07) is 9.00. The molecule has 0 N–H and O–H groups in total. The van der Waals surface area contributed by atoms with Gasteiger partial charge < -0.3 is 24.3 Å². The summed E-state index contributed by atoms with van der Waals surface area (Å²) in [7, 11) is 0. The molecule has 0 aromatic heterocycles. The van der Waals surface area contributed by atoms with Crippen molar-refractivity contribution in [2.75, 3.05) is 0 Å². The maximum absolute atomic E-state index is 3.25. The van der Waals surface area contributed by atoms with Gasteiger partial charge in [0.2, 0.25) is 0 Å². The zero-order valence-corrected chi connectivity index (χ0v) is 22.9. The maximum Gasteiger partial charge on any atom is 0 e. The molecule has 1 aromatic rings. The minimum Gasteiger partial charge on any atom is -0.390 e. The van der Waals surface area contributed by atoms with Gasteiger partial charge in [0.05, 0.1) is 0 Å². The maximum atomic E-state index is 3.25. The predicted molar refractivity (Wildman–Crippen MR) is 118 cm³/mol. The van der Waals surface area contributed by atoms with Crippen LogP contribution in [0.5, 0.6) is 0 Å². The van der Waals surface area contributed by atoms with E-state index < -0.39 is 0 Å². The Bertz CT molecular complexity index is 519. The number of benzene rings is 1. The molecular formula is C26H42Y-2. The van der Waals surface area contributed by atoms with E-state index in [2.05, 4.69) is 120 Å². The first-order chi connectivity index (χ1) is 11.4. The third-order valence-corrected chi connectivity index (χ3v) is 3.73. The quantitative estimate of drug-likeness (QED) is 0.304. The molecule has 0 saturated heterocycles. The summed E-state index contributed by atoms with van der Waals surface area (Å²) in [6.45, 7) is 26.3. The van der Waals surface area contributed by atoms with Gasteiger partial charge in [0.15, 0.2) is 0 Å². The van der Waals surface area contributed by atoms with Crippen molar-refractivity contribution in [3.8, 4) is 0 Å². The van der Waals surface area contributed by atoms with Crippen LogP contribution in [0.4, 0.5) is 0 Å². The summed E-state index contributed by atoms with van der Waals surface area (Å²) in [5.41, 5.74) is 3.63. The molecule has 0 spiro atoms. The average Bonchev–Trinajstić information content (AvgIpc) is 2.41. The molecule has 1 heteroatoms. The summed E-state index contributed by atoms with van der Waals surface area (Å²) >= 11 is 0. The van der Waals surface area contributed by atoms with Crippen LogP contribution >= 0.6 is 0 Å². The van der Waals surface area contributed by atoms with Crippen molar-refractivity contribution in [2.45, 2.75) is 93.9 Å². The van der Waals surface area contributed by atoms with E-state index in [-0.39, 0.29) is 54.4 Å². The molecule has 0 bridgehead atoms. The molecule has 1 radical (unpaired) electrons. The fourth-order valence-electron chi connectivity index (χ4n) is 2.05. The van der Waals surface area contributed by atoms with E-state index in [9.17, 15) is 0 Å². The van der Waals surface area contributed by atoms with Crippen molar-refractivity contribution in [3.63, 3.8) is 0 Å². The molecule has 1 aromatic carbocycles. The van der Waals surface area contributed by atoms with E-state index in [0.29, 0.717) is 0 Å². The molecule has 0 heterocycles. The largest absolute Gasteiger partial charge is 0.390 e. The summed E-state index contributed by atoms with van der Waals surface area (Å²) in [5.74, 6) is 0. The SMILES string of the molecule is CC(C)(C)[C-]=CC=[C-]C(C)(C)C.CC(C)(C)c1ccc(C(C)(C)C)cc1.[Y]. The van der Waals surface area contributed by atoms with Crippen LogP contribution in [-0.4, -0.2) is 0 Å². The molecule has 1 rings (SSSR count). The molecule has 0 aliphatic rings. The van der Waals surface area contributed by atoms with Gasteiger partial charge in [0.25, 0.3) is 0 Å². The van der Waals surface area contributed by atoms with Crippen LogP contribution in [0.25, 0.3) is 0 Å². The van der Waals surface area contributed by atoms with Crippen molar-refractivity contribution < 1.29 is 32.7 Å². The Kier molecular flexibility index (Phi) is 11.9. The Balaban J connectivity index is 0. The molecule has 0 amide bonds. The van der Waals surface area contributed by atoms with E-state index in [1.54, 1.807) is 0 Å². The van der Waals surface area contributed by atoms with Crippen LogP contribution in [-0.2, 0) is 43.5 Å². The van der Waals surface area contributed by atoms with Crippen LogP contribution in [0, 0.1) is 23.0 Å². The van der Waals surface area contributed by atoms with E-state index in [1.165, 1.54) is 11.1 Å². The van der Waals surface area contributed by atoms with E-state index in [4.69, 9.17) is 0 Å². The zero-order chi connectivity index (χ0) is 20.8. The van der Waals surface area contributed by atoms with Gasteiger partial charge in [-0.3, -0.25) is 0 Å². The van der Waals surface area contributed by atoms with Crippen molar-refractivity contribution in [1.29, 1.82) is 0 Å². The predicted octanol–water partition coefficient (Wildman–Crippen LogP) is 8.08. The molecule has 0 aliphatic carbocycles. The Morgan fingerprint density at radius 2 is 0.741 bits per heavy atom. The number of rotatable bonds is 1. The second-order valence-corrected chi connectivity index (χ2v) is 11.2. The minimum absolute atomic E-state index is 0. The average molecular weight is 444 g/mol.